The van der Waals surface area contributed by atoms with Crippen LogP contribution in [0.3, 0.4) is 0 Å². The maximum atomic E-state index is 6.19. The molecule has 1 aromatic carbocycles. The summed E-state index contributed by atoms with van der Waals surface area (Å²) in [5.41, 5.74) is 3.76. The molecule has 20 heavy (non-hydrogen) atoms. The van der Waals surface area contributed by atoms with Crippen molar-refractivity contribution >= 4 is 5.69 Å². The van der Waals surface area contributed by atoms with E-state index in [1.54, 1.807) is 0 Å². The van der Waals surface area contributed by atoms with Gasteiger partial charge in [-0.15, -0.1) is 0 Å². The van der Waals surface area contributed by atoms with E-state index in [1.807, 2.05) is 6.20 Å². The molecule has 1 saturated heterocycles. The number of nitrogens with zero attached hydrogens (tertiary/aromatic N) is 2. The van der Waals surface area contributed by atoms with E-state index >= 15 is 0 Å². The average Bonchev–Trinajstić information content (AvgIpc) is 2.99. The Hall–Kier alpha value is -1.81. The number of fused-ring (bicyclic) bond motifs is 2. The normalized spacial score (nSPS) is 20.9. The molecule has 4 rings (SSSR count). The van der Waals surface area contributed by atoms with Crippen molar-refractivity contribution in [2.45, 2.75) is 24.9 Å². The SMILES string of the molecule is c1ccc(N2CCC3(CC2)OCCc2[nH]ncc23)cc1. The van der Waals surface area contributed by atoms with Gasteiger partial charge in [0.15, 0.2) is 0 Å². The van der Waals surface area contributed by atoms with Crippen LogP contribution < -0.4 is 4.90 Å². The molecule has 0 bridgehead atoms. The van der Waals surface area contributed by atoms with Crippen molar-refractivity contribution in [1.29, 1.82) is 0 Å². The van der Waals surface area contributed by atoms with E-state index in [9.17, 15) is 0 Å². The molecule has 0 saturated carbocycles. The summed E-state index contributed by atoms with van der Waals surface area (Å²) in [4.78, 5) is 2.45. The number of rotatable bonds is 1. The summed E-state index contributed by atoms with van der Waals surface area (Å²) in [6.45, 7) is 2.88. The zero-order valence-corrected chi connectivity index (χ0v) is 11.5. The average molecular weight is 269 g/mol. The van der Waals surface area contributed by atoms with Crippen molar-refractivity contribution in [2.75, 3.05) is 24.6 Å². The van der Waals surface area contributed by atoms with Crippen LogP contribution in [0.2, 0.25) is 0 Å². The van der Waals surface area contributed by atoms with Crippen LogP contribution in [0.15, 0.2) is 36.5 Å². The van der Waals surface area contributed by atoms with Crippen molar-refractivity contribution < 1.29 is 4.74 Å². The van der Waals surface area contributed by atoms with E-state index in [0.717, 1.165) is 39.0 Å². The van der Waals surface area contributed by atoms with Crippen LogP contribution in [0.25, 0.3) is 0 Å². The molecule has 4 nitrogen and oxygen atoms in total. The third-order valence-corrected chi connectivity index (χ3v) is 4.63. The summed E-state index contributed by atoms with van der Waals surface area (Å²) < 4.78 is 6.19. The second-order valence-corrected chi connectivity index (χ2v) is 5.68. The van der Waals surface area contributed by atoms with E-state index in [-0.39, 0.29) is 5.60 Å². The summed E-state index contributed by atoms with van der Waals surface area (Å²) >= 11 is 0. The van der Waals surface area contributed by atoms with E-state index in [4.69, 9.17) is 4.74 Å². The van der Waals surface area contributed by atoms with Crippen LogP contribution in [-0.2, 0) is 16.8 Å². The Morgan fingerprint density at radius 3 is 2.75 bits per heavy atom. The third-order valence-electron chi connectivity index (χ3n) is 4.63. The molecule has 4 heteroatoms. The molecule has 3 heterocycles. The molecule has 104 valence electrons. The Labute approximate surface area is 118 Å². The van der Waals surface area contributed by atoms with Crippen molar-refractivity contribution in [3.8, 4) is 0 Å². The first-order valence-electron chi connectivity index (χ1n) is 7.34. The zero-order chi connectivity index (χ0) is 13.4. The fourth-order valence-electron chi connectivity index (χ4n) is 3.50. The van der Waals surface area contributed by atoms with E-state index < -0.39 is 0 Å². The molecule has 1 fully saturated rings. The molecule has 0 unspecified atom stereocenters. The van der Waals surface area contributed by atoms with Crippen LogP contribution in [0, 0.1) is 0 Å². The highest BCUT2D eigenvalue weighted by molar-refractivity contribution is 5.47. The molecule has 0 radical (unpaired) electrons. The standard InChI is InChI=1S/C16H19N3O/c1-2-4-13(5-3-1)19-9-7-16(8-10-19)14-12-17-18-15(14)6-11-20-16/h1-5,12H,6-11H2,(H,17,18). The first-order valence-corrected chi connectivity index (χ1v) is 7.34. The zero-order valence-electron chi connectivity index (χ0n) is 11.5. The number of ether oxygens (including phenoxy) is 1. The Kier molecular flexibility index (Phi) is 2.77. The number of hydrogen-bond donors (Lipinski definition) is 1. The summed E-state index contributed by atoms with van der Waals surface area (Å²) in [7, 11) is 0. The third kappa shape index (κ3) is 1.83. The van der Waals surface area contributed by atoms with Gasteiger partial charge in [-0.25, -0.2) is 0 Å². The van der Waals surface area contributed by atoms with E-state index in [0.29, 0.717) is 0 Å². The molecule has 2 aromatic rings. The number of anilines is 1. The molecular formula is C16H19N3O. The molecule has 1 aromatic heterocycles. The van der Waals surface area contributed by atoms with Gasteiger partial charge in [-0.2, -0.15) is 5.10 Å². The quantitative estimate of drug-likeness (QED) is 0.864. The summed E-state index contributed by atoms with van der Waals surface area (Å²) in [5.74, 6) is 0. The first kappa shape index (κ1) is 12.0. The maximum Gasteiger partial charge on any atom is 0.0998 e. The van der Waals surface area contributed by atoms with Gasteiger partial charge in [-0.1, -0.05) is 18.2 Å². The van der Waals surface area contributed by atoms with Gasteiger partial charge in [-0.3, -0.25) is 5.10 Å². The molecule has 0 atom stereocenters. The van der Waals surface area contributed by atoms with Crippen LogP contribution in [0.4, 0.5) is 5.69 Å². The predicted molar refractivity (Wildman–Crippen MR) is 77.8 cm³/mol. The van der Waals surface area contributed by atoms with E-state index in [1.165, 1.54) is 16.9 Å². The molecule has 2 aliphatic heterocycles. The molecule has 0 amide bonds. The molecule has 1 N–H and O–H groups in total. The van der Waals surface area contributed by atoms with Gasteiger partial charge in [0.05, 0.1) is 18.4 Å². The van der Waals surface area contributed by atoms with Gasteiger partial charge >= 0.3 is 0 Å². The number of hydrogen-bond acceptors (Lipinski definition) is 3. The van der Waals surface area contributed by atoms with Crippen LogP contribution in [0.1, 0.15) is 24.1 Å². The van der Waals surface area contributed by atoms with Crippen LogP contribution in [0.5, 0.6) is 0 Å². The lowest BCUT2D eigenvalue weighted by atomic mass is 9.82. The predicted octanol–water partition coefficient (Wildman–Crippen LogP) is 2.48. The summed E-state index contributed by atoms with van der Waals surface area (Å²) in [6, 6.07) is 10.6. The lowest BCUT2D eigenvalue weighted by molar-refractivity contribution is -0.0768. The Morgan fingerprint density at radius 1 is 1.15 bits per heavy atom. The van der Waals surface area contributed by atoms with Crippen molar-refractivity contribution in [3.63, 3.8) is 0 Å². The monoisotopic (exact) mass is 269 g/mol. The molecule has 2 aliphatic rings. The number of piperidine rings is 1. The number of aromatic nitrogens is 2. The lowest BCUT2D eigenvalue weighted by Crippen LogP contribution is -2.46. The van der Waals surface area contributed by atoms with Gasteiger partial charge in [0.25, 0.3) is 0 Å². The van der Waals surface area contributed by atoms with Gasteiger partial charge in [0, 0.05) is 36.5 Å². The van der Waals surface area contributed by atoms with Crippen molar-refractivity contribution in [2.24, 2.45) is 0 Å². The minimum atomic E-state index is -0.105. The summed E-state index contributed by atoms with van der Waals surface area (Å²) in [5, 5.41) is 7.34. The van der Waals surface area contributed by atoms with Crippen LogP contribution >= 0.6 is 0 Å². The van der Waals surface area contributed by atoms with Crippen molar-refractivity contribution in [1.82, 2.24) is 10.2 Å². The van der Waals surface area contributed by atoms with Crippen LogP contribution in [-0.4, -0.2) is 29.9 Å². The highest BCUT2D eigenvalue weighted by Crippen LogP contribution is 2.41. The number of para-hydroxylation sites is 1. The molecule has 1 spiro atoms. The summed E-state index contributed by atoms with van der Waals surface area (Å²) in [6.07, 6.45) is 5.00. The molecule has 0 aliphatic carbocycles. The van der Waals surface area contributed by atoms with Crippen molar-refractivity contribution in [3.05, 3.63) is 47.8 Å². The van der Waals surface area contributed by atoms with E-state index in [2.05, 4.69) is 45.4 Å². The topological polar surface area (TPSA) is 41.1 Å². The number of benzene rings is 1. The lowest BCUT2D eigenvalue weighted by Gasteiger charge is -2.44. The number of nitrogens with one attached hydrogen (secondary N) is 1. The minimum Gasteiger partial charge on any atom is -0.371 e. The Balaban J connectivity index is 1.56. The largest absolute Gasteiger partial charge is 0.371 e. The second-order valence-electron chi connectivity index (χ2n) is 5.68. The Bertz CT molecular complexity index is 585. The van der Waals surface area contributed by atoms with Gasteiger partial charge in [0.1, 0.15) is 0 Å². The fraction of sp³-hybridized carbons (Fsp3) is 0.438. The first-order chi connectivity index (χ1) is 9.87. The maximum absolute atomic E-state index is 6.19. The smallest absolute Gasteiger partial charge is 0.0998 e. The number of H-pyrrole nitrogens is 1. The van der Waals surface area contributed by atoms with Gasteiger partial charge in [-0.05, 0) is 25.0 Å². The highest BCUT2D eigenvalue weighted by Gasteiger charge is 2.41. The van der Waals surface area contributed by atoms with Gasteiger partial charge in [0.2, 0.25) is 0 Å². The Morgan fingerprint density at radius 2 is 1.95 bits per heavy atom. The minimum absolute atomic E-state index is 0.105. The van der Waals surface area contributed by atoms with Gasteiger partial charge < -0.3 is 9.64 Å². The number of aromatic amines is 1. The molecular weight excluding hydrogens is 250 g/mol. The highest BCUT2D eigenvalue weighted by atomic mass is 16.5. The second kappa shape index (κ2) is 4.63. The fourth-order valence-corrected chi connectivity index (χ4v) is 3.50.